The fourth-order valence-electron chi connectivity index (χ4n) is 9.25. The molecule has 0 aromatic heterocycles. The third kappa shape index (κ3) is 21.2. The first-order chi connectivity index (χ1) is 42.3. The molecule has 0 bridgehead atoms. The van der Waals surface area contributed by atoms with Gasteiger partial charge in [-0.3, -0.25) is 28.8 Å². The number of thioether (sulfide) groups is 2. The van der Waals surface area contributed by atoms with Crippen molar-refractivity contribution in [2.75, 3.05) is 62.4 Å². The number of carboxylic acid groups (broad SMARTS) is 2. The lowest BCUT2D eigenvalue weighted by atomic mass is 9.88. The highest BCUT2D eigenvalue weighted by Gasteiger charge is 2.57. The van der Waals surface area contributed by atoms with Crippen molar-refractivity contribution in [2.24, 2.45) is 0 Å². The van der Waals surface area contributed by atoms with Gasteiger partial charge in [0, 0.05) is 86.6 Å². The third-order valence-electron chi connectivity index (χ3n) is 13.9. The number of rotatable bonds is 32. The summed E-state index contributed by atoms with van der Waals surface area (Å²) in [5, 5.41) is 101. The minimum atomic E-state index is -4.66. The van der Waals surface area contributed by atoms with E-state index in [1.807, 2.05) is 0 Å². The summed E-state index contributed by atoms with van der Waals surface area (Å²) in [6.07, 6.45) is -25.4. The molecule has 498 valence electrons. The molecule has 0 radical (unpaired) electrons. The van der Waals surface area contributed by atoms with E-state index >= 15 is 0 Å². The molecule has 2 fully saturated rings. The van der Waals surface area contributed by atoms with Crippen LogP contribution in [0.1, 0.15) is 92.1 Å². The molecule has 6 amide bonds. The van der Waals surface area contributed by atoms with Crippen LogP contribution in [0.3, 0.4) is 0 Å². The number of ether oxygens (including phenoxy) is 4. The molecule has 12 atom stereocenters. The van der Waals surface area contributed by atoms with E-state index in [2.05, 4.69) is 31.9 Å². The first kappa shape index (κ1) is 74.0. The Bertz CT molecular complexity index is 2730. The molecule has 2 saturated heterocycles. The van der Waals surface area contributed by atoms with Crippen molar-refractivity contribution < 1.29 is 124 Å². The predicted molar refractivity (Wildman–Crippen MR) is 305 cm³/mol. The Morgan fingerprint density at radius 2 is 0.822 bits per heavy atom. The number of hydrogen-bond acceptors (Lipinski definition) is 20. The van der Waals surface area contributed by atoms with Gasteiger partial charge in [0.25, 0.3) is 35.2 Å². The number of carbonyl (C=O) groups is 8. The van der Waals surface area contributed by atoms with Crippen LogP contribution in [0.2, 0.25) is 0 Å². The quantitative estimate of drug-likeness (QED) is 0.0301. The summed E-state index contributed by atoms with van der Waals surface area (Å²) in [6, 6.07) is 9.07. The standard InChI is InChI=1S/C56H70F6N6O20S2/c1-29(69)67-41-37(71)25-53(51(81)82,87-45(41)43(75)39(73)27-65-49(79)33-9-13-35(14-10-33)55(57,58)59)85-19-3-21-89-23-17-63-47(77)31-5-7-32(8-6-31)48(78)64-18-24-90-22-4-20-86-54(52(83)84)26-38(72)42(68-30(2)70)46(88-54)44(76)40(74)28-66-50(80)34-11-15-36(16-12-34)56(60,61)62/h5-16,37-46,71-76H,3-4,17-28H2,1-2H3,(H,63,77)(H,64,78)(H,65,79)(H,66,80)(H,67,69)(H,68,70)(H,81,82)(H,83,84)/t37-,38-,39-,40+,41+,42+,43+,44+,45+,46+,53+,54+/m0/s1. The molecule has 14 N–H and O–H groups in total. The number of carboxylic acids is 2. The highest BCUT2D eigenvalue weighted by Crippen LogP contribution is 2.36. The van der Waals surface area contributed by atoms with E-state index in [0.717, 1.165) is 38.1 Å². The van der Waals surface area contributed by atoms with E-state index in [1.165, 1.54) is 47.8 Å². The lowest BCUT2D eigenvalue weighted by Crippen LogP contribution is -2.68. The molecule has 3 aromatic carbocycles. The van der Waals surface area contributed by atoms with Gasteiger partial charge < -0.3 is 91.7 Å². The first-order valence-electron chi connectivity index (χ1n) is 27.7. The Morgan fingerprint density at radius 3 is 1.11 bits per heavy atom. The molecular formula is C56H70F6N6O20S2. The molecule has 26 nitrogen and oxygen atoms in total. The van der Waals surface area contributed by atoms with Crippen LogP contribution in [0.25, 0.3) is 0 Å². The molecule has 90 heavy (non-hydrogen) atoms. The maximum atomic E-state index is 13.0. The number of aliphatic hydroxyl groups is 6. The van der Waals surface area contributed by atoms with Gasteiger partial charge in [-0.05, 0) is 97.1 Å². The summed E-state index contributed by atoms with van der Waals surface area (Å²) in [4.78, 5) is 100. The van der Waals surface area contributed by atoms with Crippen LogP contribution in [-0.4, -0.2) is 223 Å². The second kappa shape index (κ2) is 33.6. The van der Waals surface area contributed by atoms with Crippen LogP contribution in [0, 0.1) is 0 Å². The Labute approximate surface area is 518 Å². The Hall–Kier alpha value is -6.70. The Kier molecular flexibility index (Phi) is 27.6. The highest BCUT2D eigenvalue weighted by atomic mass is 32.2. The molecular weight excluding hydrogens is 1250 g/mol. The van der Waals surface area contributed by atoms with E-state index in [4.69, 9.17) is 18.9 Å². The summed E-state index contributed by atoms with van der Waals surface area (Å²) in [6.45, 7) is 0.555. The largest absolute Gasteiger partial charge is 0.477 e. The molecule has 5 rings (SSSR count). The van der Waals surface area contributed by atoms with Gasteiger partial charge >= 0.3 is 24.3 Å². The van der Waals surface area contributed by atoms with Gasteiger partial charge in [-0.1, -0.05) is 0 Å². The number of benzene rings is 3. The molecule has 2 aliphatic rings. The van der Waals surface area contributed by atoms with E-state index in [0.29, 0.717) is 47.3 Å². The lowest BCUT2D eigenvalue weighted by molar-refractivity contribution is -0.310. The summed E-state index contributed by atoms with van der Waals surface area (Å²) in [7, 11) is 0. The average molecular weight is 1330 g/mol. The topological polar surface area (TPSA) is 408 Å². The summed E-state index contributed by atoms with van der Waals surface area (Å²) in [5.41, 5.74) is -1.97. The zero-order valence-electron chi connectivity index (χ0n) is 48.2. The van der Waals surface area contributed by atoms with Crippen molar-refractivity contribution >= 4 is 70.9 Å². The summed E-state index contributed by atoms with van der Waals surface area (Å²) in [5.74, 6) is -11.3. The second-order valence-electron chi connectivity index (χ2n) is 20.7. The van der Waals surface area contributed by atoms with Crippen molar-refractivity contribution in [3.63, 3.8) is 0 Å². The van der Waals surface area contributed by atoms with Gasteiger partial charge in [-0.2, -0.15) is 49.9 Å². The minimum Gasteiger partial charge on any atom is -0.477 e. The SMILES string of the molecule is CC(=O)N[C@H]1[C@H]([C@H](O)[C@H](O)CNC(=O)c2ccc(C(F)(F)F)cc2)O[C@@](OCCCSCCNC(=O)c2ccc(C(=O)NCCSCCCO[C@]3(C(=O)O)C[C@H](O)[C@@H](NC(C)=O)[C@H]([C@H](O)[C@@H](O)CNC(=O)c4ccc(C(F)(F)F)cc4)O3)cc2)(C(=O)O)C[C@@H]1O. The first-order valence-corrected chi connectivity index (χ1v) is 30.1. The van der Waals surface area contributed by atoms with E-state index in [9.17, 15) is 106 Å². The third-order valence-corrected chi connectivity index (χ3v) is 16.0. The molecule has 2 aliphatic heterocycles. The van der Waals surface area contributed by atoms with Crippen molar-refractivity contribution in [3.05, 3.63) is 106 Å². The molecule has 2 heterocycles. The molecule has 0 saturated carbocycles. The normalized spacial score (nSPS) is 23.2. The van der Waals surface area contributed by atoms with Crippen molar-refractivity contribution in [1.82, 2.24) is 31.9 Å². The number of hydrogen-bond donors (Lipinski definition) is 14. The lowest BCUT2D eigenvalue weighted by Gasteiger charge is -2.46. The van der Waals surface area contributed by atoms with Gasteiger partial charge in [0.05, 0.1) is 60.8 Å². The van der Waals surface area contributed by atoms with Crippen LogP contribution in [0.4, 0.5) is 26.3 Å². The van der Waals surface area contributed by atoms with E-state index < -0.39 is 169 Å². The minimum absolute atomic E-state index is 0.196. The number of alkyl halides is 6. The molecule has 34 heteroatoms. The van der Waals surface area contributed by atoms with Crippen molar-refractivity contribution in [3.8, 4) is 0 Å². The maximum Gasteiger partial charge on any atom is 0.416 e. The highest BCUT2D eigenvalue weighted by molar-refractivity contribution is 7.99. The van der Waals surface area contributed by atoms with E-state index in [1.54, 1.807) is 0 Å². The fourth-order valence-corrected chi connectivity index (χ4v) is 10.8. The average Bonchev–Trinajstić information content (AvgIpc) is 0.818. The van der Waals surface area contributed by atoms with Crippen LogP contribution in [-0.2, 0) is 50.5 Å². The van der Waals surface area contributed by atoms with Gasteiger partial charge in [0.2, 0.25) is 11.8 Å². The van der Waals surface area contributed by atoms with Crippen molar-refractivity contribution in [1.29, 1.82) is 0 Å². The zero-order valence-corrected chi connectivity index (χ0v) is 49.8. The molecule has 3 aromatic rings. The Balaban J connectivity index is 0.988. The van der Waals surface area contributed by atoms with Crippen LogP contribution >= 0.6 is 23.5 Å². The molecule has 0 unspecified atom stereocenters. The van der Waals surface area contributed by atoms with Gasteiger partial charge in [0.15, 0.2) is 0 Å². The number of halogens is 6. The number of aliphatic hydroxyl groups excluding tert-OH is 6. The van der Waals surface area contributed by atoms with Crippen molar-refractivity contribution in [2.45, 2.75) is 124 Å². The smallest absolute Gasteiger partial charge is 0.416 e. The van der Waals surface area contributed by atoms with Crippen LogP contribution in [0.5, 0.6) is 0 Å². The summed E-state index contributed by atoms with van der Waals surface area (Å²) >= 11 is 2.71. The number of aliphatic carboxylic acids is 2. The van der Waals surface area contributed by atoms with Crippen LogP contribution in [0.15, 0.2) is 72.8 Å². The monoisotopic (exact) mass is 1320 g/mol. The molecule has 0 aliphatic carbocycles. The predicted octanol–water partition coefficient (Wildman–Crippen LogP) is 0.638. The molecule has 0 spiro atoms. The van der Waals surface area contributed by atoms with Crippen LogP contribution < -0.4 is 31.9 Å². The van der Waals surface area contributed by atoms with Gasteiger partial charge in [0.1, 0.15) is 24.4 Å². The number of amides is 6. The van der Waals surface area contributed by atoms with Gasteiger partial charge in [-0.15, -0.1) is 0 Å². The fraction of sp³-hybridized carbons (Fsp3) is 0.536. The number of carbonyl (C=O) groups excluding carboxylic acids is 6. The van der Waals surface area contributed by atoms with Gasteiger partial charge in [-0.25, -0.2) is 9.59 Å². The maximum absolute atomic E-state index is 13.0. The Morgan fingerprint density at radius 1 is 0.522 bits per heavy atom. The zero-order chi connectivity index (χ0) is 66.7. The van der Waals surface area contributed by atoms with E-state index in [-0.39, 0.29) is 61.4 Å². The second-order valence-corrected chi connectivity index (χ2v) is 23.1. The number of nitrogens with one attached hydrogen (secondary N) is 6. The summed E-state index contributed by atoms with van der Waals surface area (Å²) < 4.78 is 100.